The molecule has 0 unspecified atom stereocenters. The second-order valence-corrected chi connectivity index (χ2v) is 4.54. The van der Waals surface area contributed by atoms with E-state index in [1.54, 1.807) is 12.3 Å². The molecule has 1 aromatic carbocycles. The molecule has 1 aliphatic rings. The summed E-state index contributed by atoms with van der Waals surface area (Å²) in [4.78, 5) is 7.24. The average molecular weight is 252 g/mol. The van der Waals surface area contributed by atoms with E-state index >= 15 is 0 Å². The first kappa shape index (κ1) is 11.3. The smallest absolute Gasteiger partial charge is 0.342 e. The Labute approximate surface area is 102 Å². The molecule has 2 nitrogen and oxygen atoms in total. The van der Waals surface area contributed by atoms with Crippen LogP contribution < -0.4 is 0 Å². The van der Waals surface area contributed by atoms with Crippen LogP contribution in [0.1, 0.15) is 30.0 Å². The van der Waals surface area contributed by atoms with E-state index in [4.69, 9.17) is 0 Å². The van der Waals surface area contributed by atoms with Gasteiger partial charge in [-0.25, -0.2) is 4.98 Å². The van der Waals surface area contributed by atoms with Gasteiger partial charge in [-0.15, -0.1) is 0 Å². The fourth-order valence-corrected chi connectivity index (χ4v) is 1.93. The van der Waals surface area contributed by atoms with Gasteiger partial charge in [-0.3, -0.25) is 0 Å². The van der Waals surface area contributed by atoms with Crippen LogP contribution in [0.15, 0.2) is 30.5 Å². The van der Waals surface area contributed by atoms with E-state index < -0.39 is 11.7 Å². The highest BCUT2D eigenvalue weighted by atomic mass is 19.4. The zero-order chi connectivity index (χ0) is 12.8. The monoisotopic (exact) mass is 252 g/mol. The van der Waals surface area contributed by atoms with Crippen LogP contribution in [0.3, 0.4) is 0 Å². The summed E-state index contributed by atoms with van der Waals surface area (Å²) in [6.07, 6.45) is -0.344. The number of hydrogen-bond acceptors (Lipinski definition) is 1. The van der Waals surface area contributed by atoms with Crippen LogP contribution in [0.5, 0.6) is 0 Å². The normalized spacial score (nSPS) is 15.9. The molecule has 0 bridgehead atoms. The SMILES string of the molecule is FC(F)(F)c1cccc(-c2ncc(C3CC3)[nH]2)c1. The molecule has 1 aliphatic carbocycles. The van der Waals surface area contributed by atoms with Crippen molar-refractivity contribution in [1.29, 1.82) is 0 Å². The maximum absolute atomic E-state index is 12.6. The fraction of sp³-hybridized carbons (Fsp3) is 0.308. The van der Waals surface area contributed by atoms with Crippen LogP contribution in [0, 0.1) is 0 Å². The third-order valence-corrected chi connectivity index (χ3v) is 3.08. The largest absolute Gasteiger partial charge is 0.416 e. The van der Waals surface area contributed by atoms with Gasteiger partial charge in [0.05, 0.1) is 5.56 Å². The quantitative estimate of drug-likeness (QED) is 0.860. The third kappa shape index (κ3) is 2.12. The number of imidazole rings is 1. The Hall–Kier alpha value is -1.78. The Kier molecular flexibility index (Phi) is 2.43. The first-order valence-electron chi connectivity index (χ1n) is 5.76. The lowest BCUT2D eigenvalue weighted by molar-refractivity contribution is -0.137. The van der Waals surface area contributed by atoms with Crippen LogP contribution in [-0.4, -0.2) is 9.97 Å². The van der Waals surface area contributed by atoms with E-state index in [0.29, 0.717) is 17.3 Å². The lowest BCUT2D eigenvalue weighted by Gasteiger charge is -2.07. The molecule has 5 heteroatoms. The highest BCUT2D eigenvalue weighted by Gasteiger charge is 2.31. The van der Waals surface area contributed by atoms with Gasteiger partial charge in [-0.2, -0.15) is 13.2 Å². The number of nitrogens with one attached hydrogen (secondary N) is 1. The van der Waals surface area contributed by atoms with Gasteiger partial charge in [-0.05, 0) is 25.0 Å². The third-order valence-electron chi connectivity index (χ3n) is 3.08. The minimum atomic E-state index is -4.32. The number of halogens is 3. The molecule has 0 saturated heterocycles. The fourth-order valence-electron chi connectivity index (χ4n) is 1.93. The van der Waals surface area contributed by atoms with Gasteiger partial charge in [0.15, 0.2) is 0 Å². The number of aromatic nitrogens is 2. The molecule has 1 fully saturated rings. The van der Waals surface area contributed by atoms with Crippen LogP contribution >= 0.6 is 0 Å². The van der Waals surface area contributed by atoms with Crippen molar-refractivity contribution in [2.75, 3.05) is 0 Å². The lowest BCUT2D eigenvalue weighted by Crippen LogP contribution is -2.04. The minimum absolute atomic E-state index is 0.469. The minimum Gasteiger partial charge on any atom is -0.342 e. The molecule has 1 heterocycles. The summed E-state index contributed by atoms with van der Waals surface area (Å²) >= 11 is 0. The van der Waals surface area contributed by atoms with Crippen molar-refractivity contribution in [1.82, 2.24) is 9.97 Å². The number of rotatable bonds is 2. The first-order valence-corrected chi connectivity index (χ1v) is 5.76. The van der Waals surface area contributed by atoms with Crippen molar-refractivity contribution >= 4 is 0 Å². The molecule has 0 atom stereocenters. The molecule has 0 aliphatic heterocycles. The summed E-state index contributed by atoms with van der Waals surface area (Å²) in [6.45, 7) is 0. The maximum Gasteiger partial charge on any atom is 0.416 e. The summed E-state index contributed by atoms with van der Waals surface area (Å²) in [5.41, 5.74) is 0.837. The van der Waals surface area contributed by atoms with E-state index in [1.807, 2.05) is 0 Å². The zero-order valence-corrected chi connectivity index (χ0v) is 9.46. The van der Waals surface area contributed by atoms with Gasteiger partial charge in [0.2, 0.25) is 0 Å². The summed E-state index contributed by atoms with van der Waals surface area (Å²) in [6, 6.07) is 5.21. The van der Waals surface area contributed by atoms with E-state index in [-0.39, 0.29) is 0 Å². The molecule has 1 N–H and O–H groups in total. The summed E-state index contributed by atoms with van der Waals surface area (Å²) < 4.78 is 37.8. The van der Waals surface area contributed by atoms with Gasteiger partial charge in [0, 0.05) is 23.4 Å². The Bertz CT molecular complexity index is 568. The molecular weight excluding hydrogens is 241 g/mol. The van der Waals surface area contributed by atoms with Crippen LogP contribution in [-0.2, 0) is 6.18 Å². The van der Waals surface area contributed by atoms with Crippen molar-refractivity contribution in [3.05, 3.63) is 41.7 Å². The summed E-state index contributed by atoms with van der Waals surface area (Å²) in [5, 5.41) is 0. The van der Waals surface area contributed by atoms with E-state index in [0.717, 1.165) is 30.7 Å². The van der Waals surface area contributed by atoms with Crippen molar-refractivity contribution in [2.24, 2.45) is 0 Å². The molecule has 18 heavy (non-hydrogen) atoms. The molecular formula is C13H11F3N2. The summed E-state index contributed by atoms with van der Waals surface area (Å²) in [5.74, 6) is 1.01. The molecule has 0 spiro atoms. The lowest BCUT2D eigenvalue weighted by atomic mass is 10.1. The zero-order valence-electron chi connectivity index (χ0n) is 9.46. The number of benzene rings is 1. The van der Waals surface area contributed by atoms with E-state index in [9.17, 15) is 13.2 Å². The van der Waals surface area contributed by atoms with Crippen LogP contribution in [0.25, 0.3) is 11.4 Å². The Morgan fingerprint density at radius 2 is 2.00 bits per heavy atom. The predicted molar refractivity (Wildman–Crippen MR) is 61.0 cm³/mol. The Morgan fingerprint density at radius 3 is 2.67 bits per heavy atom. The Morgan fingerprint density at radius 1 is 1.22 bits per heavy atom. The van der Waals surface area contributed by atoms with Crippen LogP contribution in [0.2, 0.25) is 0 Å². The van der Waals surface area contributed by atoms with Gasteiger partial charge >= 0.3 is 6.18 Å². The van der Waals surface area contributed by atoms with Gasteiger partial charge in [0.25, 0.3) is 0 Å². The molecule has 2 aromatic rings. The molecule has 0 radical (unpaired) electrons. The molecule has 0 amide bonds. The highest BCUT2D eigenvalue weighted by molar-refractivity contribution is 5.57. The van der Waals surface area contributed by atoms with Gasteiger partial charge < -0.3 is 4.98 Å². The number of aromatic amines is 1. The number of hydrogen-bond donors (Lipinski definition) is 1. The van der Waals surface area contributed by atoms with E-state index in [1.165, 1.54) is 6.07 Å². The van der Waals surface area contributed by atoms with Crippen molar-refractivity contribution in [2.45, 2.75) is 24.9 Å². The van der Waals surface area contributed by atoms with Crippen molar-refractivity contribution in [3.8, 4) is 11.4 Å². The number of alkyl halides is 3. The van der Waals surface area contributed by atoms with Crippen molar-refractivity contribution in [3.63, 3.8) is 0 Å². The second kappa shape index (κ2) is 3.86. The highest BCUT2D eigenvalue weighted by Crippen LogP contribution is 2.39. The standard InChI is InChI=1S/C13H11F3N2/c14-13(15,16)10-3-1-2-9(6-10)12-17-7-11(18-12)8-4-5-8/h1-3,6-8H,4-5H2,(H,17,18). The first-order chi connectivity index (χ1) is 8.54. The summed E-state index contributed by atoms with van der Waals surface area (Å²) in [7, 11) is 0. The average Bonchev–Trinajstić information content (AvgIpc) is 3.06. The van der Waals surface area contributed by atoms with Crippen LogP contribution in [0.4, 0.5) is 13.2 Å². The molecule has 1 saturated carbocycles. The molecule has 3 rings (SSSR count). The number of H-pyrrole nitrogens is 1. The molecule has 1 aromatic heterocycles. The van der Waals surface area contributed by atoms with Gasteiger partial charge in [0.1, 0.15) is 5.82 Å². The Balaban J connectivity index is 1.95. The topological polar surface area (TPSA) is 28.7 Å². The molecule has 94 valence electrons. The number of nitrogens with zero attached hydrogens (tertiary/aromatic N) is 1. The second-order valence-electron chi connectivity index (χ2n) is 4.54. The maximum atomic E-state index is 12.6. The van der Waals surface area contributed by atoms with Crippen molar-refractivity contribution < 1.29 is 13.2 Å². The van der Waals surface area contributed by atoms with E-state index in [2.05, 4.69) is 9.97 Å². The predicted octanol–water partition coefficient (Wildman–Crippen LogP) is 3.97. The van der Waals surface area contributed by atoms with Gasteiger partial charge in [-0.1, -0.05) is 12.1 Å².